The number of anilines is 3. The molecule has 2 heterocycles. The van der Waals surface area contributed by atoms with Gasteiger partial charge in [0, 0.05) is 38.8 Å². The van der Waals surface area contributed by atoms with E-state index in [1.165, 1.54) is 12.1 Å². The molecule has 0 spiro atoms. The third kappa shape index (κ3) is 4.33. The molecule has 34 heavy (non-hydrogen) atoms. The third-order valence-corrected chi connectivity index (χ3v) is 6.52. The van der Waals surface area contributed by atoms with Gasteiger partial charge in [-0.05, 0) is 65.4 Å². The van der Waals surface area contributed by atoms with Gasteiger partial charge in [-0.2, -0.15) is 0 Å². The summed E-state index contributed by atoms with van der Waals surface area (Å²) in [5.74, 6) is 0.161. The van der Waals surface area contributed by atoms with Gasteiger partial charge in [0.25, 0.3) is 0 Å². The van der Waals surface area contributed by atoms with Crippen LogP contribution in [0.1, 0.15) is 5.56 Å². The molecule has 0 aliphatic carbocycles. The van der Waals surface area contributed by atoms with Crippen LogP contribution in [0.2, 0.25) is 0 Å². The Balaban J connectivity index is 1.40. The number of aromatic nitrogens is 1. The number of carbonyl (C=O) groups is 1. The summed E-state index contributed by atoms with van der Waals surface area (Å²) in [7, 11) is 0. The number of nitrogen functional groups attached to an aromatic ring is 1. The molecule has 0 atom stereocenters. The van der Waals surface area contributed by atoms with Gasteiger partial charge in [-0.1, -0.05) is 36.4 Å². The van der Waals surface area contributed by atoms with E-state index in [9.17, 15) is 9.18 Å². The van der Waals surface area contributed by atoms with Gasteiger partial charge < -0.3 is 16.4 Å². The van der Waals surface area contributed by atoms with Crippen molar-refractivity contribution in [2.24, 2.45) is 0 Å². The second-order valence-corrected chi connectivity index (χ2v) is 8.82. The third-order valence-electron chi connectivity index (χ3n) is 5.51. The molecule has 0 saturated heterocycles. The fourth-order valence-electron chi connectivity index (χ4n) is 3.86. The van der Waals surface area contributed by atoms with Crippen LogP contribution in [0.25, 0.3) is 32.3 Å². The highest BCUT2D eigenvalue weighted by molar-refractivity contribution is 7.18. The normalized spacial score (nSPS) is 10.9. The van der Waals surface area contributed by atoms with Crippen molar-refractivity contribution in [1.82, 2.24) is 4.98 Å². The maximum absolute atomic E-state index is 13.4. The zero-order valence-corrected chi connectivity index (χ0v) is 19.1. The Morgan fingerprint density at radius 2 is 1.59 bits per heavy atom. The number of nitrogens with one attached hydrogen (secondary N) is 2. The average molecular weight is 469 g/mol. The first-order valence-electron chi connectivity index (χ1n) is 10.6. The summed E-state index contributed by atoms with van der Waals surface area (Å²) in [4.78, 5) is 16.7. The largest absolute Gasteiger partial charge is 0.383 e. The SMILES string of the molecule is Cc1cccc(NC(=O)Nc2ccc(-c3csc4c(-c5ccc(F)cc5)cnc(N)c34)cc2)c1. The van der Waals surface area contributed by atoms with Crippen LogP contribution in [-0.4, -0.2) is 11.0 Å². The summed E-state index contributed by atoms with van der Waals surface area (Å²) in [6, 6.07) is 21.2. The predicted octanol–water partition coefficient (Wildman–Crippen LogP) is 7.30. The molecule has 0 aliphatic heterocycles. The van der Waals surface area contributed by atoms with E-state index in [2.05, 4.69) is 15.6 Å². The Morgan fingerprint density at radius 3 is 2.32 bits per heavy atom. The summed E-state index contributed by atoms with van der Waals surface area (Å²) >= 11 is 1.57. The highest BCUT2D eigenvalue weighted by Gasteiger charge is 2.15. The van der Waals surface area contributed by atoms with Crippen LogP contribution in [-0.2, 0) is 0 Å². The van der Waals surface area contributed by atoms with E-state index in [-0.39, 0.29) is 11.8 Å². The molecular formula is C27H21FN4OS. The quantitative estimate of drug-likeness (QED) is 0.259. The maximum Gasteiger partial charge on any atom is 0.323 e. The van der Waals surface area contributed by atoms with Crippen molar-refractivity contribution in [3.05, 3.63) is 95.8 Å². The molecular weight excluding hydrogens is 447 g/mol. The number of halogens is 1. The van der Waals surface area contributed by atoms with Crippen LogP contribution in [0.4, 0.5) is 26.4 Å². The number of nitrogens with zero attached hydrogens (tertiary/aromatic N) is 1. The molecule has 5 aromatic rings. The molecule has 0 fully saturated rings. The van der Waals surface area contributed by atoms with E-state index in [1.807, 2.05) is 60.8 Å². The van der Waals surface area contributed by atoms with Crippen molar-refractivity contribution in [2.45, 2.75) is 6.92 Å². The monoisotopic (exact) mass is 468 g/mol. The molecule has 2 aromatic heterocycles. The summed E-state index contributed by atoms with van der Waals surface area (Å²) in [5.41, 5.74) is 12.4. The number of thiophene rings is 1. The lowest BCUT2D eigenvalue weighted by molar-refractivity contribution is 0.262. The Hall–Kier alpha value is -4.23. The van der Waals surface area contributed by atoms with Crippen molar-refractivity contribution in [1.29, 1.82) is 0 Å². The Morgan fingerprint density at radius 1 is 0.912 bits per heavy atom. The minimum Gasteiger partial charge on any atom is -0.383 e. The molecule has 7 heteroatoms. The maximum atomic E-state index is 13.4. The number of benzene rings is 3. The van der Waals surface area contributed by atoms with Crippen molar-refractivity contribution in [2.75, 3.05) is 16.4 Å². The first-order chi connectivity index (χ1) is 16.5. The molecule has 168 valence electrons. The molecule has 5 nitrogen and oxygen atoms in total. The highest BCUT2D eigenvalue weighted by Crippen LogP contribution is 2.41. The Labute approximate surface area is 200 Å². The standard InChI is InChI=1S/C27H21FN4OS/c1-16-3-2-4-21(13-16)32-27(33)31-20-11-7-18(8-12-20)23-15-34-25-22(14-30-26(29)24(23)25)17-5-9-19(28)10-6-17/h2-15H,1H3,(H2,29,30)(H2,31,32,33). The number of aryl methyl sites for hydroxylation is 1. The lowest BCUT2D eigenvalue weighted by Crippen LogP contribution is -2.19. The first-order valence-corrected chi connectivity index (χ1v) is 11.5. The number of hydrogen-bond acceptors (Lipinski definition) is 4. The number of hydrogen-bond donors (Lipinski definition) is 3. The van der Waals surface area contributed by atoms with Crippen LogP contribution >= 0.6 is 11.3 Å². The Kier molecular flexibility index (Phi) is 5.69. The fourth-order valence-corrected chi connectivity index (χ4v) is 4.98. The van der Waals surface area contributed by atoms with Crippen molar-refractivity contribution in [3.63, 3.8) is 0 Å². The second kappa shape index (κ2) is 8.96. The van der Waals surface area contributed by atoms with Gasteiger partial charge >= 0.3 is 6.03 Å². The average Bonchev–Trinajstić information content (AvgIpc) is 3.27. The first kappa shape index (κ1) is 21.6. The zero-order chi connectivity index (χ0) is 23.7. The summed E-state index contributed by atoms with van der Waals surface area (Å²) in [5, 5.41) is 8.59. The fraction of sp³-hybridized carbons (Fsp3) is 0.0370. The number of carbonyl (C=O) groups excluding carboxylic acids is 1. The van der Waals surface area contributed by atoms with Crippen molar-refractivity contribution >= 4 is 44.6 Å². The van der Waals surface area contributed by atoms with Crippen LogP contribution in [0.5, 0.6) is 0 Å². The molecule has 0 saturated carbocycles. The second-order valence-electron chi connectivity index (χ2n) is 7.94. The van der Waals surface area contributed by atoms with Crippen LogP contribution in [0, 0.1) is 12.7 Å². The van der Waals surface area contributed by atoms with E-state index >= 15 is 0 Å². The van der Waals surface area contributed by atoms with Crippen LogP contribution in [0.3, 0.4) is 0 Å². The van der Waals surface area contributed by atoms with Crippen molar-refractivity contribution in [3.8, 4) is 22.3 Å². The number of amides is 2. The van der Waals surface area contributed by atoms with E-state index < -0.39 is 0 Å². The van der Waals surface area contributed by atoms with Gasteiger partial charge in [0.05, 0.1) is 0 Å². The molecule has 2 amide bonds. The molecule has 5 rings (SSSR count). The van der Waals surface area contributed by atoms with E-state index in [0.717, 1.165) is 43.6 Å². The van der Waals surface area contributed by atoms with E-state index in [4.69, 9.17) is 5.73 Å². The number of urea groups is 1. The van der Waals surface area contributed by atoms with Crippen LogP contribution < -0.4 is 16.4 Å². The predicted molar refractivity (Wildman–Crippen MR) is 139 cm³/mol. The van der Waals surface area contributed by atoms with E-state index in [1.54, 1.807) is 29.7 Å². The number of pyridine rings is 1. The minimum atomic E-state index is -0.309. The summed E-state index contributed by atoms with van der Waals surface area (Å²) in [6.45, 7) is 1.97. The van der Waals surface area contributed by atoms with Gasteiger partial charge in [-0.25, -0.2) is 14.2 Å². The summed E-state index contributed by atoms with van der Waals surface area (Å²) < 4.78 is 14.4. The molecule has 3 aromatic carbocycles. The topological polar surface area (TPSA) is 80.0 Å². The number of fused-ring (bicyclic) bond motifs is 1. The minimum absolute atomic E-state index is 0.281. The molecule has 0 bridgehead atoms. The Bertz CT molecular complexity index is 1490. The number of nitrogens with two attached hydrogens (primary N) is 1. The molecule has 0 aliphatic rings. The highest BCUT2D eigenvalue weighted by atomic mass is 32.1. The summed E-state index contributed by atoms with van der Waals surface area (Å²) in [6.07, 6.45) is 1.73. The molecule has 0 radical (unpaired) electrons. The van der Waals surface area contributed by atoms with Gasteiger partial charge in [-0.3, -0.25) is 0 Å². The molecule has 0 unspecified atom stereocenters. The lowest BCUT2D eigenvalue weighted by atomic mass is 10.0. The van der Waals surface area contributed by atoms with E-state index in [0.29, 0.717) is 11.5 Å². The van der Waals surface area contributed by atoms with Crippen LogP contribution in [0.15, 0.2) is 84.4 Å². The van der Waals surface area contributed by atoms with Gasteiger partial charge in [0.2, 0.25) is 0 Å². The van der Waals surface area contributed by atoms with Gasteiger partial charge in [-0.15, -0.1) is 11.3 Å². The lowest BCUT2D eigenvalue weighted by Gasteiger charge is -2.09. The smallest absolute Gasteiger partial charge is 0.323 e. The molecule has 4 N–H and O–H groups in total. The van der Waals surface area contributed by atoms with Gasteiger partial charge in [0.15, 0.2) is 0 Å². The zero-order valence-electron chi connectivity index (χ0n) is 18.3. The number of rotatable bonds is 4. The van der Waals surface area contributed by atoms with Crippen molar-refractivity contribution < 1.29 is 9.18 Å². The van der Waals surface area contributed by atoms with Gasteiger partial charge in [0.1, 0.15) is 11.6 Å².